The van der Waals surface area contributed by atoms with Gasteiger partial charge in [0.2, 0.25) is 5.91 Å². The van der Waals surface area contributed by atoms with Gasteiger partial charge >= 0.3 is 12.0 Å². The number of benzene rings is 2. The maximum Gasteiger partial charge on any atom is 0.323 e. The van der Waals surface area contributed by atoms with Crippen LogP contribution in [0.1, 0.15) is 25.3 Å². The summed E-state index contributed by atoms with van der Waals surface area (Å²) in [4.78, 5) is 44.0. The molecule has 2 aromatic carbocycles. The smallest absolute Gasteiger partial charge is 0.323 e. The lowest BCUT2D eigenvalue weighted by Gasteiger charge is -2.27. The van der Waals surface area contributed by atoms with Crippen molar-refractivity contribution >= 4 is 35.0 Å². The van der Waals surface area contributed by atoms with Crippen LogP contribution in [0.5, 0.6) is 5.75 Å². The first-order valence-corrected chi connectivity index (χ1v) is 12.8. The number of aromatic nitrogens is 2. The number of carbonyl (C=O) groups excluding carboxylic acids is 2. The molecular weight excluding hydrogens is 500 g/mol. The third kappa shape index (κ3) is 9.15. The summed E-state index contributed by atoms with van der Waals surface area (Å²) in [7, 11) is 1.50. The number of carboxylic acids is 1. The number of rotatable bonds is 14. The van der Waals surface area contributed by atoms with Gasteiger partial charge in [-0.1, -0.05) is 18.2 Å². The van der Waals surface area contributed by atoms with Crippen molar-refractivity contribution in [3.63, 3.8) is 0 Å². The van der Waals surface area contributed by atoms with Gasteiger partial charge in [-0.25, -0.2) is 9.78 Å². The predicted molar refractivity (Wildman–Crippen MR) is 150 cm³/mol. The number of carbonyl (C=O) groups is 3. The lowest BCUT2D eigenvalue weighted by molar-refractivity contribution is -0.137. The average Bonchev–Trinajstić information content (AvgIpc) is 3.42. The molecule has 3 amide bonds. The molecule has 0 spiro atoms. The molecule has 0 aliphatic heterocycles. The zero-order valence-electron chi connectivity index (χ0n) is 22.6. The van der Waals surface area contributed by atoms with Crippen molar-refractivity contribution in [1.29, 1.82) is 0 Å². The van der Waals surface area contributed by atoms with Crippen molar-refractivity contribution in [2.24, 2.45) is 0 Å². The van der Waals surface area contributed by atoms with Crippen molar-refractivity contribution in [2.75, 3.05) is 48.8 Å². The molecule has 0 radical (unpaired) electrons. The van der Waals surface area contributed by atoms with E-state index < -0.39 is 12.0 Å². The Labute approximate surface area is 228 Å². The zero-order chi connectivity index (χ0) is 28.2. The minimum Gasteiger partial charge on any atom is -0.494 e. The van der Waals surface area contributed by atoms with E-state index in [1.807, 2.05) is 46.9 Å². The number of nitrogens with one attached hydrogen (secondary N) is 2. The fourth-order valence-corrected chi connectivity index (χ4v) is 4.13. The first-order chi connectivity index (χ1) is 18.8. The van der Waals surface area contributed by atoms with Crippen LogP contribution in [0.25, 0.3) is 0 Å². The Kier molecular flexibility index (Phi) is 10.9. The predicted octanol–water partition coefficient (Wildman–Crippen LogP) is 4.06. The maximum absolute atomic E-state index is 12.6. The van der Waals surface area contributed by atoms with E-state index in [0.717, 1.165) is 18.5 Å². The molecule has 3 rings (SSSR count). The van der Waals surface area contributed by atoms with Crippen molar-refractivity contribution in [3.8, 4) is 5.75 Å². The van der Waals surface area contributed by atoms with E-state index in [1.54, 1.807) is 35.6 Å². The standard InChI is InChI=1S/C28H36N6O5/c1-21-7-4-5-8-24(21)30-28(38)31-25-10-9-23(19-26(25)39-3)34(22(2)35)18-17-32(15-11-27(36)37)13-6-14-33-16-12-29-20-33/h4-5,7-10,12,16,19-20H,6,11,13-15,17-18H2,1-3H3,(H,36,37)(H2,30,31,38). The SMILES string of the molecule is COc1cc(N(CCN(CCCn2ccnc2)CCC(=O)O)C(C)=O)ccc1NC(=O)Nc1ccccc1C. The fraction of sp³-hybridized carbons (Fsp3) is 0.357. The first-order valence-electron chi connectivity index (χ1n) is 12.8. The van der Waals surface area contributed by atoms with Gasteiger partial charge in [0.25, 0.3) is 0 Å². The molecule has 11 heteroatoms. The third-order valence-electron chi connectivity index (χ3n) is 6.25. The summed E-state index contributed by atoms with van der Waals surface area (Å²) in [6.07, 6.45) is 6.19. The number of ether oxygens (including phenoxy) is 1. The summed E-state index contributed by atoms with van der Waals surface area (Å²) in [5, 5.41) is 14.8. The Morgan fingerprint density at radius 3 is 2.46 bits per heavy atom. The van der Waals surface area contributed by atoms with Crippen molar-refractivity contribution in [2.45, 2.75) is 33.2 Å². The molecule has 0 saturated heterocycles. The second-order valence-corrected chi connectivity index (χ2v) is 9.09. The van der Waals surface area contributed by atoms with Crippen LogP contribution in [0.4, 0.5) is 21.9 Å². The second-order valence-electron chi connectivity index (χ2n) is 9.09. The van der Waals surface area contributed by atoms with Crippen molar-refractivity contribution < 1.29 is 24.2 Å². The number of anilines is 3. The Morgan fingerprint density at radius 1 is 1.03 bits per heavy atom. The number of amides is 3. The summed E-state index contributed by atoms with van der Waals surface area (Å²) in [6.45, 7) is 6.08. The molecule has 0 atom stereocenters. The number of methoxy groups -OCH3 is 1. The van der Waals surface area contributed by atoms with Crippen LogP contribution in [0.3, 0.4) is 0 Å². The zero-order valence-corrected chi connectivity index (χ0v) is 22.6. The molecule has 3 aromatic rings. The summed E-state index contributed by atoms with van der Waals surface area (Å²) < 4.78 is 7.48. The van der Waals surface area contributed by atoms with Crippen LogP contribution in [0, 0.1) is 6.92 Å². The molecular formula is C28H36N6O5. The van der Waals surface area contributed by atoms with Crippen LogP contribution in [0.2, 0.25) is 0 Å². The Hall–Kier alpha value is -4.38. The van der Waals surface area contributed by atoms with Crippen LogP contribution in [0.15, 0.2) is 61.2 Å². The summed E-state index contributed by atoms with van der Waals surface area (Å²) in [6, 6.07) is 12.2. The minimum atomic E-state index is -0.864. The lowest BCUT2D eigenvalue weighted by Crippen LogP contribution is -2.39. The molecule has 208 valence electrons. The number of aliphatic carboxylic acids is 1. The molecule has 0 aliphatic rings. The van der Waals surface area contributed by atoms with Gasteiger partial charge in [-0.3, -0.25) is 9.59 Å². The topological polar surface area (TPSA) is 129 Å². The van der Waals surface area contributed by atoms with E-state index in [1.165, 1.54) is 14.0 Å². The van der Waals surface area contributed by atoms with Crippen LogP contribution < -0.4 is 20.3 Å². The van der Waals surface area contributed by atoms with E-state index in [2.05, 4.69) is 15.6 Å². The first kappa shape index (κ1) is 29.2. The number of para-hydroxylation sites is 1. The van der Waals surface area contributed by atoms with Crippen LogP contribution >= 0.6 is 0 Å². The lowest BCUT2D eigenvalue weighted by atomic mass is 10.2. The van der Waals surface area contributed by atoms with E-state index >= 15 is 0 Å². The van der Waals surface area contributed by atoms with Gasteiger partial charge < -0.3 is 34.8 Å². The van der Waals surface area contributed by atoms with Crippen molar-refractivity contribution in [3.05, 3.63) is 66.7 Å². The number of aryl methyl sites for hydroxylation is 2. The highest BCUT2D eigenvalue weighted by molar-refractivity contribution is 6.01. The quantitative estimate of drug-likeness (QED) is 0.283. The molecule has 11 nitrogen and oxygen atoms in total. The number of hydrogen-bond donors (Lipinski definition) is 3. The number of hydrogen-bond acceptors (Lipinski definition) is 6. The van der Waals surface area contributed by atoms with Gasteiger partial charge in [-0.15, -0.1) is 0 Å². The van der Waals surface area contributed by atoms with Gasteiger partial charge in [0.05, 0.1) is 25.5 Å². The average molecular weight is 537 g/mol. The molecule has 3 N–H and O–H groups in total. The van der Waals surface area contributed by atoms with E-state index in [-0.39, 0.29) is 12.3 Å². The molecule has 1 heterocycles. The van der Waals surface area contributed by atoms with Crippen LogP contribution in [-0.4, -0.2) is 70.8 Å². The third-order valence-corrected chi connectivity index (χ3v) is 6.25. The maximum atomic E-state index is 12.6. The van der Waals surface area contributed by atoms with E-state index in [4.69, 9.17) is 4.74 Å². The normalized spacial score (nSPS) is 10.8. The molecule has 0 aliphatic carbocycles. The minimum absolute atomic E-state index is 0.0178. The van der Waals surface area contributed by atoms with Gasteiger partial charge in [0.15, 0.2) is 0 Å². The number of imidazole rings is 1. The fourth-order valence-electron chi connectivity index (χ4n) is 4.13. The molecule has 0 fully saturated rings. The van der Waals surface area contributed by atoms with Crippen LogP contribution in [-0.2, 0) is 16.1 Å². The van der Waals surface area contributed by atoms with E-state index in [0.29, 0.717) is 49.0 Å². The summed E-state index contributed by atoms with van der Waals surface area (Å²) >= 11 is 0. The highest BCUT2D eigenvalue weighted by Gasteiger charge is 2.17. The van der Waals surface area contributed by atoms with E-state index in [9.17, 15) is 19.5 Å². The molecule has 39 heavy (non-hydrogen) atoms. The molecule has 0 saturated carbocycles. The van der Waals surface area contributed by atoms with Gasteiger partial charge in [0.1, 0.15) is 5.75 Å². The summed E-state index contributed by atoms with van der Waals surface area (Å²) in [5.74, 6) is -0.620. The Balaban J connectivity index is 1.66. The van der Waals surface area contributed by atoms with Gasteiger partial charge in [-0.2, -0.15) is 0 Å². The molecule has 0 unspecified atom stereocenters. The Bertz CT molecular complexity index is 1250. The number of carboxylic acid groups (broad SMARTS) is 1. The highest BCUT2D eigenvalue weighted by Crippen LogP contribution is 2.30. The molecule has 1 aromatic heterocycles. The second kappa shape index (κ2) is 14.5. The Morgan fingerprint density at radius 2 is 1.79 bits per heavy atom. The summed E-state index contributed by atoms with van der Waals surface area (Å²) in [5.41, 5.74) is 2.70. The van der Waals surface area contributed by atoms with Gasteiger partial charge in [-0.05, 0) is 43.7 Å². The van der Waals surface area contributed by atoms with Gasteiger partial charge in [0, 0.05) is 62.9 Å². The monoisotopic (exact) mass is 536 g/mol. The number of nitrogens with zero attached hydrogens (tertiary/aromatic N) is 4. The highest BCUT2D eigenvalue weighted by atomic mass is 16.5. The molecule has 0 bridgehead atoms. The number of urea groups is 1. The largest absolute Gasteiger partial charge is 0.494 e. The van der Waals surface area contributed by atoms with Crippen molar-refractivity contribution in [1.82, 2.24) is 14.5 Å².